The molecule has 1 N–H and O–H groups in total. The quantitative estimate of drug-likeness (QED) is 0.932. The van der Waals surface area contributed by atoms with Gasteiger partial charge in [-0.2, -0.15) is 13.2 Å². The van der Waals surface area contributed by atoms with Crippen LogP contribution < -0.4 is 5.32 Å². The Morgan fingerprint density at radius 2 is 1.76 bits per heavy atom. The van der Waals surface area contributed by atoms with Crippen molar-refractivity contribution in [2.45, 2.75) is 43.7 Å². The first-order valence-corrected chi connectivity index (χ1v) is 7.51. The second-order valence-corrected chi connectivity index (χ2v) is 7.08. The second-order valence-electron chi connectivity index (χ2n) is 7.08. The summed E-state index contributed by atoms with van der Waals surface area (Å²) < 4.78 is 39.0. The minimum absolute atomic E-state index is 0.0491. The summed E-state index contributed by atoms with van der Waals surface area (Å²) in [6.07, 6.45) is 2.52. The van der Waals surface area contributed by atoms with E-state index in [1.165, 1.54) is 12.8 Å². The third-order valence-electron chi connectivity index (χ3n) is 5.39. The van der Waals surface area contributed by atoms with E-state index >= 15 is 0 Å². The molecule has 0 unspecified atom stereocenters. The summed E-state index contributed by atoms with van der Waals surface area (Å²) in [5, 5.41) is 3.30. The van der Waals surface area contributed by atoms with Crippen LogP contribution in [-0.4, -0.2) is 29.2 Å². The van der Waals surface area contributed by atoms with E-state index in [-0.39, 0.29) is 18.7 Å². The van der Waals surface area contributed by atoms with Crippen molar-refractivity contribution >= 4 is 0 Å². The van der Waals surface area contributed by atoms with E-state index in [0.29, 0.717) is 11.3 Å². The zero-order valence-electron chi connectivity index (χ0n) is 11.7. The molecule has 2 saturated carbocycles. The molecule has 0 radical (unpaired) electrons. The van der Waals surface area contributed by atoms with Crippen molar-refractivity contribution in [2.75, 3.05) is 13.1 Å². The van der Waals surface area contributed by atoms with Gasteiger partial charge in [0.2, 0.25) is 0 Å². The van der Waals surface area contributed by atoms with Gasteiger partial charge in [-0.1, -0.05) is 0 Å². The molecule has 3 aliphatic rings. The average Bonchev–Trinajstić information content (AvgIpc) is 3.12. The molecule has 1 aliphatic heterocycles. The molecular formula is C15H18F3N3. The predicted molar refractivity (Wildman–Crippen MR) is 70.7 cm³/mol. The fourth-order valence-electron chi connectivity index (χ4n) is 3.88. The van der Waals surface area contributed by atoms with Gasteiger partial charge in [-0.25, -0.2) is 9.97 Å². The molecular weight excluding hydrogens is 279 g/mol. The summed E-state index contributed by atoms with van der Waals surface area (Å²) in [5.74, 6) is 0.589. The van der Waals surface area contributed by atoms with E-state index in [1.807, 2.05) is 0 Å². The number of alkyl halides is 3. The molecule has 0 bridgehead atoms. The van der Waals surface area contributed by atoms with Gasteiger partial charge in [0, 0.05) is 25.5 Å². The average molecular weight is 297 g/mol. The summed E-state index contributed by atoms with van der Waals surface area (Å²) in [7, 11) is 0. The highest BCUT2D eigenvalue weighted by molar-refractivity contribution is 5.23. The van der Waals surface area contributed by atoms with E-state index in [9.17, 15) is 13.2 Å². The van der Waals surface area contributed by atoms with Crippen molar-refractivity contribution < 1.29 is 13.2 Å². The first-order chi connectivity index (χ1) is 9.93. The van der Waals surface area contributed by atoms with Crippen molar-refractivity contribution in [2.24, 2.45) is 11.3 Å². The highest BCUT2D eigenvalue weighted by Crippen LogP contribution is 2.57. The standard InChI is InChI=1S/C15H18F3N3/c16-15(17,18)14(1-2-14)12-20-6-11(7-21-12)3-10-4-13(5-10)8-19-9-13/h6-7,10,19H,1-5,8-9H2. The number of halogens is 3. The highest BCUT2D eigenvalue weighted by Gasteiger charge is 2.66. The predicted octanol–water partition coefficient (Wildman–Crippen LogP) is 2.61. The number of rotatable bonds is 3. The monoisotopic (exact) mass is 297 g/mol. The van der Waals surface area contributed by atoms with Crippen LogP contribution >= 0.6 is 0 Å². The molecule has 1 aromatic heterocycles. The van der Waals surface area contributed by atoms with E-state index in [1.54, 1.807) is 12.4 Å². The van der Waals surface area contributed by atoms with Gasteiger partial charge in [-0.15, -0.1) is 0 Å². The fourth-order valence-corrected chi connectivity index (χ4v) is 3.88. The van der Waals surface area contributed by atoms with Crippen LogP contribution in [0.5, 0.6) is 0 Å². The fraction of sp³-hybridized carbons (Fsp3) is 0.733. The molecule has 3 fully saturated rings. The lowest BCUT2D eigenvalue weighted by Gasteiger charge is -2.54. The second kappa shape index (κ2) is 4.18. The van der Waals surface area contributed by atoms with Crippen LogP contribution in [0.25, 0.3) is 0 Å². The van der Waals surface area contributed by atoms with Crippen LogP contribution in [0.1, 0.15) is 37.1 Å². The molecule has 0 aromatic carbocycles. The minimum atomic E-state index is -4.23. The van der Waals surface area contributed by atoms with Crippen molar-refractivity contribution in [3.63, 3.8) is 0 Å². The van der Waals surface area contributed by atoms with Gasteiger partial charge < -0.3 is 5.32 Å². The van der Waals surface area contributed by atoms with Gasteiger partial charge >= 0.3 is 6.18 Å². The van der Waals surface area contributed by atoms with E-state index in [2.05, 4.69) is 15.3 Å². The lowest BCUT2D eigenvalue weighted by atomic mass is 9.57. The van der Waals surface area contributed by atoms with Gasteiger partial charge in [-0.05, 0) is 49.0 Å². The molecule has 6 heteroatoms. The van der Waals surface area contributed by atoms with E-state index in [4.69, 9.17) is 0 Å². The van der Waals surface area contributed by atoms with E-state index in [0.717, 1.165) is 25.1 Å². The number of hydrogen-bond acceptors (Lipinski definition) is 3. The number of nitrogens with zero attached hydrogens (tertiary/aromatic N) is 2. The Balaban J connectivity index is 1.41. The van der Waals surface area contributed by atoms with Crippen LogP contribution in [-0.2, 0) is 11.8 Å². The smallest absolute Gasteiger partial charge is 0.316 e. The van der Waals surface area contributed by atoms with Crippen LogP contribution in [0.15, 0.2) is 12.4 Å². The Hall–Kier alpha value is -1.17. The Labute approximate surface area is 121 Å². The SMILES string of the molecule is FC(F)(F)C1(c2ncc(CC3CC4(CNC4)C3)cn2)CC1. The van der Waals surface area contributed by atoms with Gasteiger partial charge in [0.1, 0.15) is 11.2 Å². The third kappa shape index (κ3) is 2.06. The Morgan fingerprint density at radius 1 is 1.14 bits per heavy atom. The van der Waals surface area contributed by atoms with Gasteiger partial charge in [0.25, 0.3) is 0 Å². The van der Waals surface area contributed by atoms with Crippen LogP contribution in [0.2, 0.25) is 0 Å². The molecule has 4 rings (SSSR count). The number of nitrogens with one attached hydrogen (secondary N) is 1. The maximum atomic E-state index is 13.0. The largest absolute Gasteiger partial charge is 0.401 e. The molecule has 0 amide bonds. The zero-order chi connectivity index (χ0) is 14.7. The van der Waals surface area contributed by atoms with Gasteiger partial charge in [0.15, 0.2) is 0 Å². The highest BCUT2D eigenvalue weighted by atomic mass is 19.4. The summed E-state index contributed by atoms with van der Waals surface area (Å²) in [6.45, 7) is 2.24. The molecule has 21 heavy (non-hydrogen) atoms. The molecule has 2 heterocycles. The molecule has 3 nitrogen and oxygen atoms in total. The Kier molecular flexibility index (Phi) is 2.69. The Bertz CT molecular complexity index is 536. The van der Waals surface area contributed by atoms with Crippen LogP contribution in [0, 0.1) is 11.3 Å². The number of hydrogen-bond donors (Lipinski definition) is 1. The van der Waals surface area contributed by atoms with Crippen molar-refractivity contribution in [3.8, 4) is 0 Å². The lowest BCUT2D eigenvalue weighted by molar-refractivity contribution is -0.162. The molecule has 0 atom stereocenters. The summed E-state index contributed by atoms with van der Waals surface area (Å²) in [6, 6.07) is 0. The van der Waals surface area contributed by atoms with Crippen LogP contribution in [0.4, 0.5) is 13.2 Å². The molecule has 1 saturated heterocycles. The zero-order valence-corrected chi connectivity index (χ0v) is 11.7. The molecule has 114 valence electrons. The first kappa shape index (κ1) is 13.5. The van der Waals surface area contributed by atoms with Crippen molar-refractivity contribution in [1.82, 2.24) is 15.3 Å². The number of aromatic nitrogens is 2. The van der Waals surface area contributed by atoms with Crippen molar-refractivity contribution in [3.05, 3.63) is 23.8 Å². The summed E-state index contributed by atoms with van der Waals surface area (Å²) >= 11 is 0. The third-order valence-corrected chi connectivity index (χ3v) is 5.39. The van der Waals surface area contributed by atoms with E-state index < -0.39 is 11.6 Å². The van der Waals surface area contributed by atoms with Gasteiger partial charge in [0.05, 0.1) is 0 Å². The maximum absolute atomic E-state index is 13.0. The molecule has 2 aliphatic carbocycles. The first-order valence-electron chi connectivity index (χ1n) is 7.51. The normalized spacial score (nSPS) is 26.2. The molecule has 1 spiro atoms. The topological polar surface area (TPSA) is 37.8 Å². The van der Waals surface area contributed by atoms with Gasteiger partial charge in [-0.3, -0.25) is 0 Å². The molecule has 1 aromatic rings. The maximum Gasteiger partial charge on any atom is 0.401 e. The Morgan fingerprint density at radius 3 is 2.19 bits per heavy atom. The summed E-state index contributed by atoms with van der Waals surface area (Å²) in [4.78, 5) is 8.04. The summed E-state index contributed by atoms with van der Waals surface area (Å²) in [5.41, 5.74) is -0.271. The lowest BCUT2D eigenvalue weighted by Crippen LogP contribution is -2.60. The van der Waals surface area contributed by atoms with Crippen LogP contribution in [0.3, 0.4) is 0 Å². The van der Waals surface area contributed by atoms with Crippen molar-refractivity contribution in [1.29, 1.82) is 0 Å². The minimum Gasteiger partial charge on any atom is -0.316 e.